The smallest absolute Gasteiger partial charge is 0.243 e. The summed E-state index contributed by atoms with van der Waals surface area (Å²) in [6, 6.07) is 19.8. The summed E-state index contributed by atoms with van der Waals surface area (Å²) in [5.41, 5.74) is 3.29. The summed E-state index contributed by atoms with van der Waals surface area (Å²) in [5, 5.41) is 15.3. The molecule has 0 atom stereocenters. The lowest BCUT2D eigenvalue weighted by Gasteiger charge is -2.28. The maximum atomic E-state index is 12.7. The average molecular weight is 345 g/mol. The Balaban J connectivity index is 1.68. The predicted molar refractivity (Wildman–Crippen MR) is 103 cm³/mol. The normalized spacial score (nSPS) is 15.4. The van der Waals surface area contributed by atoms with E-state index in [9.17, 15) is 4.79 Å². The minimum atomic E-state index is -0.345. The van der Waals surface area contributed by atoms with E-state index < -0.39 is 0 Å². The van der Waals surface area contributed by atoms with Crippen LogP contribution in [0, 0.1) is 11.3 Å². The summed E-state index contributed by atoms with van der Waals surface area (Å²) in [7, 11) is 0. The second-order valence-corrected chi connectivity index (χ2v) is 7.27. The Morgan fingerprint density at radius 3 is 2.69 bits per heavy atom. The molecular formula is C22H23N3O. The van der Waals surface area contributed by atoms with E-state index in [0.717, 1.165) is 24.1 Å². The summed E-state index contributed by atoms with van der Waals surface area (Å²) < 4.78 is 0. The number of benzene rings is 2. The van der Waals surface area contributed by atoms with Gasteiger partial charge in [-0.3, -0.25) is 4.79 Å². The number of nitriles is 1. The van der Waals surface area contributed by atoms with Crippen molar-refractivity contribution in [2.75, 3.05) is 0 Å². The van der Waals surface area contributed by atoms with Crippen molar-refractivity contribution in [2.45, 2.75) is 45.1 Å². The van der Waals surface area contributed by atoms with Crippen molar-refractivity contribution in [1.29, 1.82) is 5.26 Å². The number of aryl methyl sites for hydroxylation is 1. The molecule has 26 heavy (non-hydrogen) atoms. The van der Waals surface area contributed by atoms with Gasteiger partial charge in [0.15, 0.2) is 0 Å². The molecular weight excluding hydrogens is 322 g/mol. The van der Waals surface area contributed by atoms with Gasteiger partial charge in [-0.2, -0.15) is 10.4 Å². The van der Waals surface area contributed by atoms with Gasteiger partial charge in [0, 0.05) is 12.8 Å². The molecule has 1 aliphatic rings. The summed E-state index contributed by atoms with van der Waals surface area (Å²) in [4.78, 5) is 12.7. The average Bonchev–Trinajstić information content (AvgIpc) is 2.98. The van der Waals surface area contributed by atoms with Crippen LogP contribution in [0.1, 0.15) is 49.8 Å². The molecule has 2 aromatic carbocycles. The van der Waals surface area contributed by atoms with Crippen molar-refractivity contribution >= 4 is 11.6 Å². The monoisotopic (exact) mass is 345 g/mol. The molecule has 0 fully saturated rings. The molecule has 0 spiro atoms. The number of hydrogen-bond acceptors (Lipinski definition) is 3. The summed E-state index contributed by atoms with van der Waals surface area (Å²) in [6.45, 7) is 4.07. The molecule has 4 nitrogen and oxygen atoms in total. The number of carbonyl (C=O) groups excluding carboxylic acids is 1. The highest BCUT2D eigenvalue weighted by Gasteiger charge is 2.38. The quantitative estimate of drug-likeness (QED) is 0.811. The van der Waals surface area contributed by atoms with E-state index >= 15 is 0 Å². The lowest BCUT2D eigenvalue weighted by Crippen LogP contribution is -2.40. The van der Waals surface area contributed by atoms with Gasteiger partial charge in [0.25, 0.3) is 0 Å². The van der Waals surface area contributed by atoms with Crippen LogP contribution in [0.5, 0.6) is 0 Å². The Morgan fingerprint density at radius 1 is 1.19 bits per heavy atom. The number of nitrogens with zero attached hydrogens (tertiary/aromatic N) is 3. The zero-order valence-electron chi connectivity index (χ0n) is 15.3. The molecule has 4 heteroatoms. The van der Waals surface area contributed by atoms with E-state index in [1.807, 2.05) is 50.2 Å². The van der Waals surface area contributed by atoms with Crippen molar-refractivity contribution in [2.24, 2.45) is 5.10 Å². The van der Waals surface area contributed by atoms with Crippen LogP contribution in [-0.2, 0) is 11.2 Å². The van der Waals surface area contributed by atoms with Gasteiger partial charge in [0.1, 0.15) is 0 Å². The van der Waals surface area contributed by atoms with Crippen LogP contribution in [0.25, 0.3) is 0 Å². The molecule has 0 bridgehead atoms. The fraction of sp³-hybridized carbons (Fsp3) is 0.318. The van der Waals surface area contributed by atoms with Gasteiger partial charge in [-0.25, -0.2) is 5.01 Å². The van der Waals surface area contributed by atoms with Gasteiger partial charge < -0.3 is 0 Å². The van der Waals surface area contributed by atoms with Crippen LogP contribution in [0.15, 0.2) is 59.7 Å². The zero-order chi connectivity index (χ0) is 18.6. The van der Waals surface area contributed by atoms with Crippen LogP contribution < -0.4 is 0 Å². The molecule has 2 aromatic rings. The third kappa shape index (κ3) is 4.00. The Labute approximate surface area is 154 Å². The lowest BCUT2D eigenvalue weighted by atomic mass is 9.94. The summed E-state index contributed by atoms with van der Waals surface area (Å²) in [5.74, 6) is 0.0531. The van der Waals surface area contributed by atoms with Crippen molar-refractivity contribution in [3.63, 3.8) is 0 Å². The minimum absolute atomic E-state index is 0.0531. The molecule has 132 valence electrons. The van der Waals surface area contributed by atoms with Gasteiger partial charge in [-0.15, -0.1) is 0 Å². The second kappa shape index (κ2) is 7.53. The van der Waals surface area contributed by atoms with E-state index in [1.165, 1.54) is 5.56 Å². The second-order valence-electron chi connectivity index (χ2n) is 7.27. The summed E-state index contributed by atoms with van der Waals surface area (Å²) >= 11 is 0. The van der Waals surface area contributed by atoms with Crippen molar-refractivity contribution < 1.29 is 4.79 Å². The van der Waals surface area contributed by atoms with Crippen LogP contribution in [0.2, 0.25) is 0 Å². The van der Waals surface area contributed by atoms with Gasteiger partial charge in [0.05, 0.1) is 22.9 Å². The van der Waals surface area contributed by atoms with E-state index in [0.29, 0.717) is 18.4 Å². The zero-order valence-corrected chi connectivity index (χ0v) is 15.3. The third-order valence-electron chi connectivity index (χ3n) is 4.65. The molecule has 1 amide bonds. The number of hydrogen-bond donors (Lipinski definition) is 0. The molecule has 0 saturated carbocycles. The highest BCUT2D eigenvalue weighted by molar-refractivity contribution is 6.03. The van der Waals surface area contributed by atoms with E-state index in [4.69, 9.17) is 5.26 Å². The first-order valence-electron chi connectivity index (χ1n) is 8.94. The largest absolute Gasteiger partial charge is 0.273 e. The Bertz CT molecular complexity index is 862. The Morgan fingerprint density at radius 2 is 1.96 bits per heavy atom. The van der Waals surface area contributed by atoms with Crippen molar-refractivity contribution in [3.05, 3.63) is 71.3 Å². The van der Waals surface area contributed by atoms with Gasteiger partial charge in [0.2, 0.25) is 5.91 Å². The number of carbonyl (C=O) groups is 1. The van der Waals surface area contributed by atoms with Gasteiger partial charge in [-0.1, -0.05) is 42.5 Å². The fourth-order valence-corrected chi connectivity index (χ4v) is 3.29. The number of amides is 1. The standard InChI is InChI=1S/C22H23N3O/c1-22(2)15-20(19-12-6-11-18(14-19)16-23)24-25(22)21(26)13-7-10-17-8-4-3-5-9-17/h3-6,8-9,11-12,14H,7,10,13,15H2,1-2H3. The van der Waals surface area contributed by atoms with Crippen LogP contribution >= 0.6 is 0 Å². The van der Waals surface area contributed by atoms with Crippen LogP contribution in [-0.4, -0.2) is 22.2 Å². The maximum Gasteiger partial charge on any atom is 0.243 e. The molecule has 1 aliphatic heterocycles. The molecule has 0 aliphatic carbocycles. The van der Waals surface area contributed by atoms with Crippen LogP contribution in [0.4, 0.5) is 0 Å². The van der Waals surface area contributed by atoms with Gasteiger partial charge >= 0.3 is 0 Å². The minimum Gasteiger partial charge on any atom is -0.273 e. The SMILES string of the molecule is CC1(C)CC(c2cccc(C#N)c2)=NN1C(=O)CCCc1ccccc1. The van der Waals surface area contributed by atoms with Crippen molar-refractivity contribution in [1.82, 2.24) is 5.01 Å². The first kappa shape index (κ1) is 17.9. The highest BCUT2D eigenvalue weighted by atomic mass is 16.2. The first-order valence-corrected chi connectivity index (χ1v) is 8.94. The molecule has 0 saturated heterocycles. The fourth-order valence-electron chi connectivity index (χ4n) is 3.29. The Hall–Kier alpha value is -2.93. The summed E-state index contributed by atoms with van der Waals surface area (Å²) in [6.07, 6.45) is 2.87. The van der Waals surface area contributed by atoms with E-state index in [2.05, 4.69) is 23.3 Å². The van der Waals surface area contributed by atoms with Crippen molar-refractivity contribution in [3.8, 4) is 6.07 Å². The molecule has 3 rings (SSSR count). The van der Waals surface area contributed by atoms with Crippen LogP contribution in [0.3, 0.4) is 0 Å². The third-order valence-corrected chi connectivity index (χ3v) is 4.65. The molecule has 0 N–H and O–H groups in total. The predicted octanol–water partition coefficient (Wildman–Crippen LogP) is 4.30. The number of hydrazone groups is 1. The molecule has 0 radical (unpaired) electrons. The molecule has 0 unspecified atom stereocenters. The number of rotatable bonds is 5. The highest BCUT2D eigenvalue weighted by Crippen LogP contribution is 2.30. The van der Waals surface area contributed by atoms with E-state index in [1.54, 1.807) is 11.1 Å². The first-order chi connectivity index (χ1) is 12.5. The lowest BCUT2D eigenvalue weighted by molar-refractivity contribution is -0.135. The maximum absolute atomic E-state index is 12.7. The molecule has 0 aromatic heterocycles. The topological polar surface area (TPSA) is 56.5 Å². The molecule has 1 heterocycles. The Kier molecular flexibility index (Phi) is 5.18. The van der Waals surface area contributed by atoms with Gasteiger partial charge in [-0.05, 0) is 49.9 Å². The van der Waals surface area contributed by atoms with E-state index in [-0.39, 0.29) is 11.4 Å².